The van der Waals surface area contributed by atoms with Crippen molar-refractivity contribution in [1.29, 1.82) is 0 Å². The van der Waals surface area contributed by atoms with Crippen molar-refractivity contribution in [3.05, 3.63) is 0 Å². The maximum absolute atomic E-state index is 12.2. The highest BCUT2D eigenvalue weighted by Crippen LogP contribution is 2.33. The molecule has 0 aliphatic carbocycles. The first-order valence-electron chi connectivity index (χ1n) is 6.65. The standard InChI is InChI=1S/C12H21NO7S/c1-12(2,3)19-11(15)13-5-8(20-21(4,16)17)10-9(13)7(14)6-18-10/h7-10,14H,5-6H2,1-4H3/t7-,8-,9-,10+/m0/s1. The van der Waals surface area contributed by atoms with Gasteiger partial charge in [-0.3, -0.25) is 9.08 Å². The highest BCUT2D eigenvalue weighted by Gasteiger charge is 2.54. The number of carbonyl (C=O) groups is 1. The molecule has 2 rings (SSSR count). The average Bonchev–Trinajstić information content (AvgIpc) is 2.77. The maximum Gasteiger partial charge on any atom is 0.410 e. The van der Waals surface area contributed by atoms with Gasteiger partial charge < -0.3 is 14.6 Å². The largest absolute Gasteiger partial charge is 0.444 e. The molecule has 0 aromatic heterocycles. The third-order valence-electron chi connectivity index (χ3n) is 3.22. The van der Waals surface area contributed by atoms with Crippen molar-refractivity contribution in [1.82, 2.24) is 4.90 Å². The molecule has 2 saturated heterocycles. The number of hydrogen-bond donors (Lipinski definition) is 1. The molecule has 0 saturated carbocycles. The van der Waals surface area contributed by atoms with E-state index >= 15 is 0 Å². The summed E-state index contributed by atoms with van der Waals surface area (Å²) in [4.78, 5) is 13.5. The molecule has 0 aromatic carbocycles. The smallest absolute Gasteiger partial charge is 0.410 e. The number of hydrogen-bond acceptors (Lipinski definition) is 7. The molecule has 122 valence electrons. The summed E-state index contributed by atoms with van der Waals surface area (Å²) in [6.07, 6.45) is -2.10. The van der Waals surface area contributed by atoms with Crippen molar-refractivity contribution in [3.8, 4) is 0 Å². The van der Waals surface area contributed by atoms with Crippen LogP contribution < -0.4 is 0 Å². The predicted molar refractivity (Wildman–Crippen MR) is 72.2 cm³/mol. The molecular formula is C12H21NO7S. The zero-order chi connectivity index (χ0) is 16.0. The fourth-order valence-electron chi connectivity index (χ4n) is 2.58. The van der Waals surface area contributed by atoms with Crippen molar-refractivity contribution in [2.45, 2.75) is 50.7 Å². The summed E-state index contributed by atoms with van der Waals surface area (Å²) in [6.45, 7) is 5.20. The highest BCUT2D eigenvalue weighted by atomic mass is 32.2. The second kappa shape index (κ2) is 5.38. The van der Waals surface area contributed by atoms with Crippen LogP contribution >= 0.6 is 0 Å². The van der Waals surface area contributed by atoms with Crippen LogP contribution in [0.5, 0.6) is 0 Å². The molecule has 1 amide bonds. The van der Waals surface area contributed by atoms with Gasteiger partial charge in [-0.05, 0) is 20.8 Å². The Morgan fingerprint density at radius 2 is 2.00 bits per heavy atom. The monoisotopic (exact) mass is 323 g/mol. The van der Waals surface area contributed by atoms with Gasteiger partial charge >= 0.3 is 6.09 Å². The van der Waals surface area contributed by atoms with Gasteiger partial charge in [0.1, 0.15) is 23.9 Å². The maximum atomic E-state index is 12.2. The van der Waals surface area contributed by atoms with E-state index in [2.05, 4.69) is 0 Å². The summed E-state index contributed by atoms with van der Waals surface area (Å²) in [5.41, 5.74) is -0.688. The number of rotatable bonds is 2. The molecule has 9 heteroatoms. The van der Waals surface area contributed by atoms with E-state index in [-0.39, 0.29) is 13.2 Å². The van der Waals surface area contributed by atoms with Crippen LogP contribution in [-0.2, 0) is 23.8 Å². The molecular weight excluding hydrogens is 302 g/mol. The van der Waals surface area contributed by atoms with Gasteiger partial charge in [-0.25, -0.2) is 4.79 Å². The molecule has 21 heavy (non-hydrogen) atoms. The van der Waals surface area contributed by atoms with Gasteiger partial charge in [0.05, 0.1) is 25.4 Å². The van der Waals surface area contributed by atoms with E-state index in [1.165, 1.54) is 4.90 Å². The number of amides is 1. The number of carbonyl (C=O) groups excluding carboxylic acids is 1. The first kappa shape index (κ1) is 16.5. The van der Waals surface area contributed by atoms with Crippen LogP contribution in [0.2, 0.25) is 0 Å². The molecule has 4 atom stereocenters. The summed E-state index contributed by atoms with van der Waals surface area (Å²) >= 11 is 0. The van der Waals surface area contributed by atoms with Gasteiger partial charge in [0.25, 0.3) is 10.1 Å². The number of aliphatic hydroxyl groups excluding tert-OH is 1. The fourth-order valence-corrected chi connectivity index (χ4v) is 3.20. The Hall–Kier alpha value is -0.900. The number of nitrogens with zero attached hydrogens (tertiary/aromatic N) is 1. The third kappa shape index (κ3) is 3.85. The van der Waals surface area contributed by atoms with E-state index in [0.29, 0.717) is 0 Å². The summed E-state index contributed by atoms with van der Waals surface area (Å²) in [6, 6.07) is -0.661. The van der Waals surface area contributed by atoms with Crippen LogP contribution in [0.15, 0.2) is 0 Å². The Kier molecular flexibility index (Phi) is 4.22. The summed E-state index contributed by atoms with van der Waals surface area (Å²) in [5.74, 6) is 0. The number of fused-ring (bicyclic) bond motifs is 1. The van der Waals surface area contributed by atoms with E-state index in [1.807, 2.05) is 0 Å². The van der Waals surface area contributed by atoms with Crippen molar-refractivity contribution >= 4 is 16.2 Å². The van der Waals surface area contributed by atoms with Gasteiger partial charge in [-0.15, -0.1) is 0 Å². The summed E-state index contributed by atoms with van der Waals surface area (Å²) < 4.78 is 38.2. The molecule has 0 aromatic rings. The molecule has 2 aliphatic rings. The average molecular weight is 323 g/mol. The molecule has 0 spiro atoms. The van der Waals surface area contributed by atoms with E-state index in [1.54, 1.807) is 20.8 Å². The number of ether oxygens (including phenoxy) is 2. The van der Waals surface area contributed by atoms with Crippen LogP contribution in [0.4, 0.5) is 4.79 Å². The zero-order valence-electron chi connectivity index (χ0n) is 12.5. The lowest BCUT2D eigenvalue weighted by atomic mass is 10.1. The van der Waals surface area contributed by atoms with Crippen LogP contribution in [0.3, 0.4) is 0 Å². The summed E-state index contributed by atoms with van der Waals surface area (Å²) in [7, 11) is -3.69. The Labute approximate surface area is 124 Å². The van der Waals surface area contributed by atoms with Gasteiger partial charge in [0.15, 0.2) is 0 Å². The van der Waals surface area contributed by atoms with Crippen molar-refractivity contribution in [2.24, 2.45) is 0 Å². The lowest BCUT2D eigenvalue weighted by Gasteiger charge is -2.28. The number of aliphatic hydroxyl groups is 1. The predicted octanol–water partition coefficient (Wildman–Crippen LogP) is -0.290. The number of likely N-dealkylation sites (tertiary alicyclic amines) is 1. The molecule has 2 aliphatic heterocycles. The second-order valence-corrected chi connectivity index (χ2v) is 7.93. The lowest BCUT2D eigenvalue weighted by Crippen LogP contribution is -2.46. The zero-order valence-corrected chi connectivity index (χ0v) is 13.3. The first-order valence-corrected chi connectivity index (χ1v) is 8.47. The van der Waals surface area contributed by atoms with Crippen LogP contribution in [0, 0.1) is 0 Å². The van der Waals surface area contributed by atoms with Crippen LogP contribution in [0.1, 0.15) is 20.8 Å². The topological polar surface area (TPSA) is 102 Å². The minimum Gasteiger partial charge on any atom is -0.444 e. The van der Waals surface area contributed by atoms with Crippen molar-refractivity contribution in [3.63, 3.8) is 0 Å². The van der Waals surface area contributed by atoms with E-state index < -0.39 is 46.2 Å². The highest BCUT2D eigenvalue weighted by molar-refractivity contribution is 7.86. The lowest BCUT2D eigenvalue weighted by molar-refractivity contribution is 0.00838. The van der Waals surface area contributed by atoms with Gasteiger partial charge in [-0.1, -0.05) is 0 Å². The Balaban J connectivity index is 2.17. The minimum absolute atomic E-state index is 0.00558. The van der Waals surface area contributed by atoms with E-state index in [4.69, 9.17) is 13.7 Å². The third-order valence-corrected chi connectivity index (χ3v) is 3.82. The SMILES string of the molecule is CC(C)(C)OC(=O)N1C[C@H](OS(C)(=O)=O)[C@H]2OC[C@H](O)[C@@H]21. The quantitative estimate of drug-likeness (QED) is 0.697. The van der Waals surface area contributed by atoms with Crippen molar-refractivity contribution in [2.75, 3.05) is 19.4 Å². The van der Waals surface area contributed by atoms with E-state index in [9.17, 15) is 18.3 Å². The molecule has 0 unspecified atom stereocenters. The Morgan fingerprint density at radius 1 is 1.38 bits per heavy atom. The molecule has 0 radical (unpaired) electrons. The first-order chi connectivity index (χ1) is 9.48. The molecule has 8 nitrogen and oxygen atoms in total. The second-order valence-electron chi connectivity index (χ2n) is 6.33. The van der Waals surface area contributed by atoms with Crippen LogP contribution in [-0.4, -0.2) is 73.9 Å². The van der Waals surface area contributed by atoms with Crippen LogP contribution in [0.25, 0.3) is 0 Å². The molecule has 0 bridgehead atoms. The molecule has 2 fully saturated rings. The minimum atomic E-state index is -3.69. The van der Waals surface area contributed by atoms with Gasteiger partial charge in [0.2, 0.25) is 0 Å². The van der Waals surface area contributed by atoms with E-state index in [0.717, 1.165) is 6.26 Å². The van der Waals surface area contributed by atoms with Gasteiger partial charge in [-0.2, -0.15) is 8.42 Å². The van der Waals surface area contributed by atoms with Gasteiger partial charge in [0, 0.05) is 0 Å². The summed E-state index contributed by atoms with van der Waals surface area (Å²) in [5, 5.41) is 9.95. The Bertz CT molecular complexity index is 512. The Morgan fingerprint density at radius 3 is 2.52 bits per heavy atom. The molecule has 2 heterocycles. The van der Waals surface area contributed by atoms with Crippen molar-refractivity contribution < 1.29 is 32.0 Å². The normalized spacial score (nSPS) is 33.1. The molecule has 1 N–H and O–H groups in total. The fraction of sp³-hybridized carbons (Fsp3) is 0.917.